The molecule has 5 nitrogen and oxygen atoms in total. The Bertz CT molecular complexity index is 204. The van der Waals surface area contributed by atoms with Gasteiger partial charge in [-0.1, -0.05) is 0 Å². The second-order valence-corrected chi connectivity index (χ2v) is 5.29. The first-order valence-corrected chi connectivity index (χ1v) is 5.11. The number of rotatable bonds is 4. The fraction of sp³-hybridized carbons (Fsp3) is 0.900. The van der Waals surface area contributed by atoms with Crippen LogP contribution in [0.1, 0.15) is 41.0 Å². The van der Waals surface area contributed by atoms with Gasteiger partial charge in [0.05, 0.1) is 0 Å². The minimum absolute atomic E-state index is 0.234. The third kappa shape index (κ3) is 11.1. The lowest BCUT2D eigenvalue weighted by molar-refractivity contribution is 0.0497. The van der Waals surface area contributed by atoms with Gasteiger partial charge in [0.15, 0.2) is 0 Å². The summed E-state index contributed by atoms with van der Waals surface area (Å²) in [6, 6.07) is 0. The van der Waals surface area contributed by atoms with Gasteiger partial charge in [0, 0.05) is 12.1 Å². The van der Waals surface area contributed by atoms with Gasteiger partial charge in [-0.05, 0) is 41.0 Å². The first kappa shape index (κ1) is 14.2. The monoisotopic (exact) mass is 217 g/mol. The first-order chi connectivity index (χ1) is 6.60. The van der Waals surface area contributed by atoms with Gasteiger partial charge in [-0.15, -0.1) is 0 Å². The molecule has 0 heterocycles. The predicted molar refractivity (Wildman–Crippen MR) is 60.3 cm³/mol. The van der Waals surface area contributed by atoms with Crippen LogP contribution in [0, 0.1) is 0 Å². The molecule has 15 heavy (non-hydrogen) atoms. The van der Waals surface area contributed by atoms with Crippen LogP contribution < -0.4 is 16.6 Å². The number of nitrogens with two attached hydrogens (primary N) is 1. The number of hydrogen-bond acceptors (Lipinski definition) is 4. The van der Waals surface area contributed by atoms with E-state index in [0.29, 0.717) is 6.54 Å². The fourth-order valence-electron chi connectivity index (χ4n) is 0.823. The van der Waals surface area contributed by atoms with E-state index in [9.17, 15) is 4.79 Å². The molecule has 0 aromatic rings. The van der Waals surface area contributed by atoms with Gasteiger partial charge in [0.25, 0.3) is 0 Å². The van der Waals surface area contributed by atoms with Gasteiger partial charge >= 0.3 is 6.09 Å². The largest absolute Gasteiger partial charge is 0.443 e. The quantitative estimate of drug-likeness (QED) is 0.487. The van der Waals surface area contributed by atoms with Crippen LogP contribution in [-0.2, 0) is 4.74 Å². The maximum Gasteiger partial charge on any atom is 0.422 e. The van der Waals surface area contributed by atoms with Crippen LogP contribution in [0.15, 0.2) is 0 Å². The molecule has 1 amide bonds. The van der Waals surface area contributed by atoms with Gasteiger partial charge in [-0.3, -0.25) is 5.43 Å². The van der Waals surface area contributed by atoms with Gasteiger partial charge < -0.3 is 10.5 Å². The van der Waals surface area contributed by atoms with Crippen molar-refractivity contribution in [3.05, 3.63) is 0 Å². The third-order valence-corrected chi connectivity index (χ3v) is 1.48. The van der Waals surface area contributed by atoms with E-state index >= 15 is 0 Å². The molecule has 0 aliphatic rings. The average molecular weight is 217 g/mol. The normalized spacial score (nSPS) is 12.4. The highest BCUT2D eigenvalue weighted by Crippen LogP contribution is 2.06. The van der Waals surface area contributed by atoms with Crippen molar-refractivity contribution in [3.8, 4) is 0 Å². The summed E-state index contributed by atoms with van der Waals surface area (Å²) >= 11 is 0. The SMILES string of the molecule is CC(C)(N)CCNNC(=O)OC(C)(C)C. The number of hydrazine groups is 1. The standard InChI is InChI=1S/C10H23N3O2/c1-9(2,3)15-8(14)13-12-7-6-10(4,5)11/h12H,6-7,11H2,1-5H3,(H,13,14). The Labute approximate surface area is 91.7 Å². The van der Waals surface area contributed by atoms with E-state index < -0.39 is 11.7 Å². The summed E-state index contributed by atoms with van der Waals surface area (Å²) in [4.78, 5) is 11.2. The summed E-state index contributed by atoms with van der Waals surface area (Å²) in [5, 5.41) is 0. The van der Waals surface area contributed by atoms with Crippen LogP contribution in [0.3, 0.4) is 0 Å². The van der Waals surface area contributed by atoms with Crippen molar-refractivity contribution in [1.82, 2.24) is 10.9 Å². The number of amides is 1. The van der Waals surface area contributed by atoms with Crippen LogP contribution in [-0.4, -0.2) is 23.8 Å². The Morgan fingerprint density at radius 2 is 1.80 bits per heavy atom. The van der Waals surface area contributed by atoms with Crippen molar-refractivity contribution in [3.63, 3.8) is 0 Å². The van der Waals surface area contributed by atoms with Crippen molar-refractivity contribution in [2.75, 3.05) is 6.54 Å². The van der Waals surface area contributed by atoms with Crippen LogP contribution in [0.25, 0.3) is 0 Å². The van der Waals surface area contributed by atoms with Gasteiger partial charge in [0.1, 0.15) is 5.60 Å². The van der Waals surface area contributed by atoms with Crippen LogP contribution in [0.2, 0.25) is 0 Å². The van der Waals surface area contributed by atoms with Crippen molar-refractivity contribution < 1.29 is 9.53 Å². The minimum Gasteiger partial charge on any atom is -0.443 e. The molecule has 0 aromatic carbocycles. The Morgan fingerprint density at radius 1 is 1.27 bits per heavy atom. The summed E-state index contributed by atoms with van der Waals surface area (Å²) in [6.07, 6.45) is 0.292. The molecule has 0 saturated carbocycles. The van der Waals surface area contributed by atoms with E-state index in [-0.39, 0.29) is 5.54 Å². The van der Waals surface area contributed by atoms with Gasteiger partial charge in [0.2, 0.25) is 0 Å². The highest BCUT2D eigenvalue weighted by molar-refractivity contribution is 5.66. The van der Waals surface area contributed by atoms with Crippen LogP contribution in [0.5, 0.6) is 0 Å². The molecule has 0 atom stereocenters. The molecular formula is C10H23N3O2. The predicted octanol–water partition coefficient (Wildman–Crippen LogP) is 1.14. The maximum absolute atomic E-state index is 11.2. The summed E-state index contributed by atoms with van der Waals surface area (Å²) in [5.41, 5.74) is 10.3. The Hall–Kier alpha value is -0.810. The van der Waals surface area contributed by atoms with E-state index in [1.165, 1.54) is 0 Å². The van der Waals surface area contributed by atoms with Crippen molar-refractivity contribution in [2.24, 2.45) is 5.73 Å². The fourth-order valence-corrected chi connectivity index (χ4v) is 0.823. The Balaban J connectivity index is 3.57. The topological polar surface area (TPSA) is 76.4 Å². The average Bonchev–Trinajstić information content (AvgIpc) is 1.92. The molecule has 4 N–H and O–H groups in total. The van der Waals surface area contributed by atoms with E-state index in [1.54, 1.807) is 0 Å². The molecule has 0 saturated heterocycles. The molecule has 0 unspecified atom stereocenters. The Morgan fingerprint density at radius 3 is 2.20 bits per heavy atom. The maximum atomic E-state index is 11.2. The molecule has 90 valence electrons. The number of ether oxygens (including phenoxy) is 1. The van der Waals surface area contributed by atoms with E-state index in [0.717, 1.165) is 6.42 Å². The summed E-state index contributed by atoms with van der Waals surface area (Å²) in [7, 11) is 0. The second-order valence-electron chi connectivity index (χ2n) is 5.29. The second kappa shape index (κ2) is 5.32. The lowest BCUT2D eigenvalue weighted by Gasteiger charge is -2.21. The smallest absolute Gasteiger partial charge is 0.422 e. The first-order valence-electron chi connectivity index (χ1n) is 5.11. The molecule has 0 aliphatic carbocycles. The molecule has 0 radical (unpaired) electrons. The highest BCUT2D eigenvalue weighted by atomic mass is 16.6. The molecule has 0 bridgehead atoms. The van der Waals surface area contributed by atoms with E-state index in [2.05, 4.69) is 10.9 Å². The van der Waals surface area contributed by atoms with Crippen molar-refractivity contribution in [1.29, 1.82) is 0 Å². The number of carbonyl (C=O) groups excluding carboxylic acids is 1. The molecule has 0 fully saturated rings. The zero-order valence-electron chi connectivity index (χ0n) is 10.3. The van der Waals surface area contributed by atoms with Crippen molar-refractivity contribution >= 4 is 6.09 Å². The number of nitrogens with one attached hydrogen (secondary N) is 2. The molecule has 0 aliphatic heterocycles. The van der Waals surface area contributed by atoms with Crippen molar-refractivity contribution in [2.45, 2.75) is 52.2 Å². The molecule has 0 spiro atoms. The summed E-state index contributed by atoms with van der Waals surface area (Å²) < 4.78 is 5.03. The van der Waals surface area contributed by atoms with E-state index in [4.69, 9.17) is 10.5 Å². The lowest BCUT2D eigenvalue weighted by atomic mass is 10.0. The summed E-state index contributed by atoms with van der Waals surface area (Å²) in [6.45, 7) is 9.92. The van der Waals surface area contributed by atoms with Crippen LogP contribution in [0.4, 0.5) is 4.79 Å². The molecular weight excluding hydrogens is 194 g/mol. The van der Waals surface area contributed by atoms with Gasteiger partial charge in [-0.25, -0.2) is 10.2 Å². The lowest BCUT2D eigenvalue weighted by Crippen LogP contribution is -2.44. The molecule has 0 aromatic heterocycles. The van der Waals surface area contributed by atoms with Crippen LogP contribution >= 0.6 is 0 Å². The summed E-state index contributed by atoms with van der Waals surface area (Å²) in [5.74, 6) is 0. The van der Waals surface area contributed by atoms with E-state index in [1.807, 2.05) is 34.6 Å². The number of hydrogen-bond donors (Lipinski definition) is 3. The molecule has 0 rings (SSSR count). The zero-order chi connectivity index (χ0) is 12.1. The minimum atomic E-state index is -0.475. The van der Waals surface area contributed by atoms with Gasteiger partial charge in [-0.2, -0.15) is 0 Å². The Kier molecular flexibility index (Phi) is 5.03. The number of carbonyl (C=O) groups is 1. The zero-order valence-corrected chi connectivity index (χ0v) is 10.3. The highest BCUT2D eigenvalue weighted by Gasteiger charge is 2.16. The third-order valence-electron chi connectivity index (χ3n) is 1.48. The molecule has 5 heteroatoms.